The molecule has 0 atom stereocenters. The molecule has 1 aliphatic rings. The summed E-state index contributed by atoms with van der Waals surface area (Å²) in [5.74, 6) is -0.345. The van der Waals surface area contributed by atoms with Crippen LogP contribution < -0.4 is 16.4 Å². The monoisotopic (exact) mass is 277 g/mol. The van der Waals surface area contributed by atoms with E-state index in [9.17, 15) is 9.59 Å². The Bertz CT molecular complexity index is 512. The van der Waals surface area contributed by atoms with Crippen molar-refractivity contribution in [2.75, 3.05) is 19.4 Å². The number of nitrogens with one attached hydrogen (secondary N) is 2. The fourth-order valence-electron chi connectivity index (χ4n) is 2.09. The largest absolute Gasteiger partial charge is 0.469 e. The van der Waals surface area contributed by atoms with Gasteiger partial charge in [-0.1, -0.05) is 12.1 Å². The normalized spacial score (nSPS) is 15.2. The van der Waals surface area contributed by atoms with Gasteiger partial charge in [0.2, 0.25) is 0 Å². The number of carbonyl (C=O) groups is 2. The zero-order valence-electron chi connectivity index (χ0n) is 11.4. The lowest BCUT2D eigenvalue weighted by Crippen LogP contribution is -2.42. The van der Waals surface area contributed by atoms with Crippen LogP contribution in [-0.2, 0) is 15.1 Å². The molecule has 1 fully saturated rings. The molecular weight excluding hydrogens is 258 g/mol. The fourth-order valence-corrected chi connectivity index (χ4v) is 2.09. The van der Waals surface area contributed by atoms with Crippen molar-refractivity contribution in [2.24, 2.45) is 0 Å². The molecule has 1 saturated carbocycles. The van der Waals surface area contributed by atoms with Gasteiger partial charge < -0.3 is 21.1 Å². The van der Waals surface area contributed by atoms with E-state index in [0.29, 0.717) is 5.69 Å². The topological polar surface area (TPSA) is 93.4 Å². The van der Waals surface area contributed by atoms with Crippen LogP contribution in [0.1, 0.15) is 24.8 Å². The van der Waals surface area contributed by atoms with Gasteiger partial charge in [0.1, 0.15) is 0 Å². The number of hydrogen-bond acceptors (Lipinski definition) is 4. The second-order valence-electron chi connectivity index (χ2n) is 4.91. The lowest BCUT2D eigenvalue weighted by molar-refractivity contribution is -0.140. The van der Waals surface area contributed by atoms with E-state index >= 15 is 0 Å². The molecule has 1 aromatic rings. The molecule has 2 amide bonds. The Labute approximate surface area is 117 Å². The van der Waals surface area contributed by atoms with Crippen LogP contribution in [0.5, 0.6) is 0 Å². The van der Waals surface area contributed by atoms with E-state index in [4.69, 9.17) is 5.73 Å². The van der Waals surface area contributed by atoms with Crippen molar-refractivity contribution in [3.05, 3.63) is 29.8 Å². The molecular formula is C14H19N3O3. The number of urea groups is 1. The standard InChI is InChI=1S/C14H19N3O3/c1-20-12(18)5-8-16-13(19)17-14(6-7-14)10-3-2-4-11(15)9-10/h2-4,9H,5-8,15H2,1H3,(H2,16,17,19). The average molecular weight is 277 g/mol. The van der Waals surface area contributed by atoms with E-state index in [-0.39, 0.29) is 30.5 Å². The number of anilines is 1. The number of carbonyl (C=O) groups excluding carboxylic acids is 2. The zero-order valence-corrected chi connectivity index (χ0v) is 11.4. The Hall–Kier alpha value is -2.24. The van der Waals surface area contributed by atoms with Crippen LogP contribution in [0.3, 0.4) is 0 Å². The highest BCUT2D eigenvalue weighted by molar-refractivity contribution is 5.77. The summed E-state index contributed by atoms with van der Waals surface area (Å²) < 4.78 is 4.50. The number of nitrogens with two attached hydrogens (primary N) is 1. The summed E-state index contributed by atoms with van der Waals surface area (Å²) in [4.78, 5) is 22.8. The van der Waals surface area contributed by atoms with Crippen molar-refractivity contribution >= 4 is 17.7 Å². The molecule has 6 heteroatoms. The number of methoxy groups -OCH3 is 1. The first-order chi connectivity index (χ1) is 9.55. The quantitative estimate of drug-likeness (QED) is 0.555. The van der Waals surface area contributed by atoms with Gasteiger partial charge >= 0.3 is 12.0 Å². The van der Waals surface area contributed by atoms with Crippen LogP contribution >= 0.6 is 0 Å². The fraction of sp³-hybridized carbons (Fsp3) is 0.429. The third kappa shape index (κ3) is 3.40. The van der Waals surface area contributed by atoms with E-state index in [1.165, 1.54) is 7.11 Å². The number of ether oxygens (including phenoxy) is 1. The predicted molar refractivity (Wildman–Crippen MR) is 74.9 cm³/mol. The highest BCUT2D eigenvalue weighted by atomic mass is 16.5. The van der Waals surface area contributed by atoms with Crippen molar-refractivity contribution in [1.29, 1.82) is 0 Å². The molecule has 0 spiro atoms. The van der Waals surface area contributed by atoms with Gasteiger partial charge in [-0.3, -0.25) is 4.79 Å². The Morgan fingerprint density at radius 1 is 1.40 bits per heavy atom. The maximum atomic E-state index is 11.8. The van der Waals surface area contributed by atoms with Crippen LogP contribution in [0, 0.1) is 0 Å². The van der Waals surface area contributed by atoms with Gasteiger partial charge in [-0.05, 0) is 30.5 Å². The van der Waals surface area contributed by atoms with Crippen molar-refractivity contribution in [3.8, 4) is 0 Å². The van der Waals surface area contributed by atoms with E-state index in [1.54, 1.807) is 0 Å². The van der Waals surface area contributed by atoms with Gasteiger partial charge in [0, 0.05) is 12.2 Å². The molecule has 6 nitrogen and oxygen atoms in total. The first-order valence-electron chi connectivity index (χ1n) is 6.54. The number of amides is 2. The first-order valence-corrected chi connectivity index (χ1v) is 6.54. The van der Waals surface area contributed by atoms with Crippen LogP contribution in [0.4, 0.5) is 10.5 Å². The molecule has 0 heterocycles. The summed E-state index contributed by atoms with van der Waals surface area (Å²) in [6.07, 6.45) is 1.94. The lowest BCUT2D eigenvalue weighted by Gasteiger charge is -2.18. The third-order valence-electron chi connectivity index (χ3n) is 3.38. The average Bonchev–Trinajstić information content (AvgIpc) is 3.19. The SMILES string of the molecule is COC(=O)CCNC(=O)NC1(c2cccc(N)c2)CC1. The van der Waals surface area contributed by atoms with Crippen LogP contribution in [0.25, 0.3) is 0 Å². The van der Waals surface area contributed by atoms with Crippen molar-refractivity contribution < 1.29 is 14.3 Å². The highest BCUT2D eigenvalue weighted by Gasteiger charge is 2.45. The Kier molecular flexibility index (Phi) is 4.12. The minimum Gasteiger partial charge on any atom is -0.469 e. The smallest absolute Gasteiger partial charge is 0.315 e. The number of hydrogen-bond donors (Lipinski definition) is 3. The number of rotatable bonds is 5. The van der Waals surface area contributed by atoms with Crippen molar-refractivity contribution in [2.45, 2.75) is 24.8 Å². The molecule has 108 valence electrons. The second kappa shape index (κ2) is 5.81. The molecule has 0 unspecified atom stereocenters. The van der Waals surface area contributed by atoms with Crippen molar-refractivity contribution in [3.63, 3.8) is 0 Å². The van der Waals surface area contributed by atoms with Gasteiger partial charge in [-0.2, -0.15) is 0 Å². The number of nitrogen functional groups attached to an aromatic ring is 1. The molecule has 0 saturated heterocycles. The summed E-state index contributed by atoms with van der Waals surface area (Å²) in [5.41, 5.74) is 7.14. The highest BCUT2D eigenvalue weighted by Crippen LogP contribution is 2.45. The zero-order chi connectivity index (χ0) is 14.6. The van der Waals surface area contributed by atoms with E-state index in [0.717, 1.165) is 18.4 Å². The number of benzene rings is 1. The molecule has 1 aromatic carbocycles. The Balaban J connectivity index is 1.86. The molecule has 0 aromatic heterocycles. The summed E-state index contributed by atoms with van der Waals surface area (Å²) >= 11 is 0. The third-order valence-corrected chi connectivity index (χ3v) is 3.38. The Morgan fingerprint density at radius 2 is 2.15 bits per heavy atom. The number of esters is 1. The predicted octanol–water partition coefficient (Wildman–Crippen LogP) is 1.12. The maximum absolute atomic E-state index is 11.8. The second-order valence-corrected chi connectivity index (χ2v) is 4.91. The van der Waals surface area contributed by atoms with Gasteiger partial charge in [-0.25, -0.2) is 4.79 Å². The molecule has 0 radical (unpaired) electrons. The molecule has 4 N–H and O–H groups in total. The van der Waals surface area contributed by atoms with Gasteiger partial charge in [0.15, 0.2) is 0 Å². The van der Waals surface area contributed by atoms with E-state index in [2.05, 4.69) is 15.4 Å². The van der Waals surface area contributed by atoms with E-state index < -0.39 is 0 Å². The molecule has 20 heavy (non-hydrogen) atoms. The first kappa shape index (κ1) is 14.2. The van der Waals surface area contributed by atoms with Crippen molar-refractivity contribution in [1.82, 2.24) is 10.6 Å². The molecule has 1 aliphatic carbocycles. The Morgan fingerprint density at radius 3 is 2.75 bits per heavy atom. The summed E-state index contributed by atoms with van der Waals surface area (Å²) in [6, 6.07) is 7.24. The minimum atomic E-state index is -0.345. The maximum Gasteiger partial charge on any atom is 0.315 e. The summed E-state index contributed by atoms with van der Waals surface area (Å²) in [5, 5.41) is 5.59. The van der Waals surface area contributed by atoms with Crippen LogP contribution in [-0.4, -0.2) is 25.7 Å². The van der Waals surface area contributed by atoms with Gasteiger partial charge in [-0.15, -0.1) is 0 Å². The summed E-state index contributed by atoms with van der Waals surface area (Å²) in [7, 11) is 1.32. The minimum absolute atomic E-state index is 0.162. The lowest BCUT2D eigenvalue weighted by atomic mass is 10.0. The van der Waals surface area contributed by atoms with Crippen LogP contribution in [0.15, 0.2) is 24.3 Å². The molecule has 0 aliphatic heterocycles. The van der Waals surface area contributed by atoms with E-state index in [1.807, 2.05) is 24.3 Å². The molecule has 0 bridgehead atoms. The molecule has 2 rings (SSSR count). The van der Waals surface area contributed by atoms with Gasteiger partial charge in [0.05, 0.1) is 19.1 Å². The summed E-state index contributed by atoms with van der Waals surface area (Å²) in [6.45, 7) is 0.255. The van der Waals surface area contributed by atoms with Gasteiger partial charge in [0.25, 0.3) is 0 Å². The van der Waals surface area contributed by atoms with Crippen LogP contribution in [0.2, 0.25) is 0 Å².